The van der Waals surface area contributed by atoms with E-state index in [2.05, 4.69) is 15.4 Å². The van der Waals surface area contributed by atoms with Crippen LogP contribution in [-0.2, 0) is 24.1 Å². The first kappa shape index (κ1) is 24.5. The first-order valence-electron chi connectivity index (χ1n) is 10.4. The Balaban J connectivity index is 1.37. The molecule has 0 unspecified atom stereocenters. The SMILES string of the molecule is O=C(CSc1ccc(F)cc1)NCCn1ncc2c(=O)n(Cc3cccc(C(F)(F)F)c3)cnc21. The zero-order valence-electron chi connectivity index (χ0n) is 18.1. The molecule has 182 valence electrons. The molecule has 0 fully saturated rings. The number of halogens is 4. The van der Waals surface area contributed by atoms with E-state index >= 15 is 0 Å². The van der Waals surface area contributed by atoms with Crippen LogP contribution in [0.3, 0.4) is 0 Å². The second-order valence-corrected chi connectivity index (χ2v) is 8.62. The fraction of sp³-hybridized carbons (Fsp3) is 0.217. The lowest BCUT2D eigenvalue weighted by Crippen LogP contribution is -2.29. The van der Waals surface area contributed by atoms with Crippen LogP contribution in [0.4, 0.5) is 17.6 Å². The van der Waals surface area contributed by atoms with Gasteiger partial charge in [0.25, 0.3) is 5.56 Å². The van der Waals surface area contributed by atoms with Crippen molar-refractivity contribution in [2.75, 3.05) is 12.3 Å². The van der Waals surface area contributed by atoms with Crippen molar-refractivity contribution in [1.82, 2.24) is 24.6 Å². The molecule has 4 aromatic rings. The van der Waals surface area contributed by atoms with E-state index in [9.17, 15) is 27.2 Å². The zero-order valence-corrected chi connectivity index (χ0v) is 18.9. The minimum Gasteiger partial charge on any atom is -0.354 e. The lowest BCUT2D eigenvalue weighted by molar-refractivity contribution is -0.137. The van der Waals surface area contributed by atoms with Crippen LogP contribution in [0.2, 0.25) is 0 Å². The van der Waals surface area contributed by atoms with E-state index in [-0.39, 0.29) is 42.5 Å². The van der Waals surface area contributed by atoms with Crippen LogP contribution in [0.5, 0.6) is 0 Å². The summed E-state index contributed by atoms with van der Waals surface area (Å²) in [6, 6.07) is 10.6. The summed E-state index contributed by atoms with van der Waals surface area (Å²) >= 11 is 1.27. The quantitative estimate of drug-likeness (QED) is 0.292. The summed E-state index contributed by atoms with van der Waals surface area (Å²) < 4.78 is 54.5. The van der Waals surface area contributed by atoms with Gasteiger partial charge in [-0.2, -0.15) is 18.3 Å². The number of fused-ring (bicyclic) bond motifs is 1. The summed E-state index contributed by atoms with van der Waals surface area (Å²) in [5.41, 5.74) is -0.594. The summed E-state index contributed by atoms with van der Waals surface area (Å²) in [6.07, 6.45) is -1.86. The highest BCUT2D eigenvalue weighted by Gasteiger charge is 2.30. The van der Waals surface area contributed by atoms with Crippen LogP contribution in [-0.4, -0.2) is 37.5 Å². The van der Waals surface area contributed by atoms with Gasteiger partial charge < -0.3 is 5.32 Å². The Morgan fingerprint density at radius 1 is 1.11 bits per heavy atom. The van der Waals surface area contributed by atoms with E-state index in [0.29, 0.717) is 11.2 Å². The largest absolute Gasteiger partial charge is 0.416 e. The molecule has 1 amide bonds. The van der Waals surface area contributed by atoms with E-state index in [1.807, 2.05) is 0 Å². The van der Waals surface area contributed by atoms with Crippen LogP contribution in [0.25, 0.3) is 11.0 Å². The van der Waals surface area contributed by atoms with Crippen molar-refractivity contribution in [3.8, 4) is 0 Å². The molecule has 0 saturated carbocycles. The number of thioether (sulfide) groups is 1. The number of amides is 1. The number of rotatable bonds is 8. The molecule has 2 heterocycles. The molecule has 0 spiro atoms. The maximum atomic E-state index is 13.0. The van der Waals surface area contributed by atoms with E-state index in [1.54, 1.807) is 12.1 Å². The maximum absolute atomic E-state index is 13.0. The van der Waals surface area contributed by atoms with Gasteiger partial charge in [0, 0.05) is 11.4 Å². The van der Waals surface area contributed by atoms with Crippen molar-refractivity contribution in [2.45, 2.75) is 24.2 Å². The van der Waals surface area contributed by atoms with Crippen LogP contribution in [0, 0.1) is 5.82 Å². The highest BCUT2D eigenvalue weighted by atomic mass is 32.2. The van der Waals surface area contributed by atoms with Crippen LogP contribution in [0.1, 0.15) is 11.1 Å². The second-order valence-electron chi connectivity index (χ2n) is 7.57. The molecule has 2 aromatic carbocycles. The predicted octanol–water partition coefficient (Wildman–Crippen LogP) is 3.71. The molecule has 0 atom stereocenters. The fourth-order valence-corrected chi connectivity index (χ4v) is 4.08. The molecule has 7 nitrogen and oxygen atoms in total. The summed E-state index contributed by atoms with van der Waals surface area (Å²) in [4.78, 5) is 29.9. The van der Waals surface area contributed by atoms with Crippen LogP contribution in [0.15, 0.2) is 70.7 Å². The van der Waals surface area contributed by atoms with E-state index in [1.165, 1.54) is 57.8 Å². The number of hydrogen-bond acceptors (Lipinski definition) is 5. The molecule has 0 aliphatic carbocycles. The molecular weight excluding hydrogens is 486 g/mol. The van der Waals surface area contributed by atoms with Gasteiger partial charge in [0.15, 0.2) is 5.65 Å². The lowest BCUT2D eigenvalue weighted by Gasteiger charge is -2.10. The first-order chi connectivity index (χ1) is 16.7. The zero-order chi connectivity index (χ0) is 25.0. The summed E-state index contributed by atoms with van der Waals surface area (Å²) in [7, 11) is 0. The average molecular weight is 505 g/mol. The molecule has 2 aromatic heterocycles. The Hall–Kier alpha value is -3.67. The molecule has 0 aliphatic rings. The Labute approximate surface area is 200 Å². The average Bonchev–Trinajstić information content (AvgIpc) is 3.24. The number of carbonyl (C=O) groups excluding carboxylic acids is 1. The Kier molecular flexibility index (Phi) is 7.20. The van der Waals surface area contributed by atoms with Gasteiger partial charge in [0.05, 0.1) is 30.6 Å². The lowest BCUT2D eigenvalue weighted by atomic mass is 10.1. The second kappa shape index (κ2) is 10.3. The van der Waals surface area contributed by atoms with Gasteiger partial charge >= 0.3 is 6.18 Å². The van der Waals surface area contributed by atoms with Crippen molar-refractivity contribution in [3.63, 3.8) is 0 Å². The molecule has 12 heteroatoms. The van der Waals surface area contributed by atoms with Gasteiger partial charge in [0.2, 0.25) is 5.91 Å². The van der Waals surface area contributed by atoms with E-state index < -0.39 is 17.3 Å². The Bertz CT molecular complexity index is 1400. The summed E-state index contributed by atoms with van der Waals surface area (Å²) in [6.45, 7) is 0.438. The first-order valence-corrected chi connectivity index (χ1v) is 11.4. The number of benzene rings is 2. The van der Waals surface area contributed by atoms with Gasteiger partial charge in [0.1, 0.15) is 17.5 Å². The van der Waals surface area contributed by atoms with E-state index in [0.717, 1.165) is 17.0 Å². The number of nitrogens with one attached hydrogen (secondary N) is 1. The molecular formula is C23H19F4N5O2S. The van der Waals surface area contributed by atoms with Crippen molar-refractivity contribution in [1.29, 1.82) is 0 Å². The Morgan fingerprint density at radius 2 is 1.89 bits per heavy atom. The molecule has 0 aliphatic heterocycles. The number of nitrogens with zero attached hydrogens (tertiary/aromatic N) is 4. The fourth-order valence-electron chi connectivity index (χ4n) is 3.35. The third kappa shape index (κ3) is 6.07. The van der Waals surface area contributed by atoms with Crippen molar-refractivity contribution in [2.24, 2.45) is 0 Å². The van der Waals surface area contributed by atoms with Crippen molar-refractivity contribution < 1.29 is 22.4 Å². The van der Waals surface area contributed by atoms with Gasteiger partial charge in [-0.25, -0.2) is 14.1 Å². The molecule has 0 bridgehead atoms. The minimum absolute atomic E-state index is 0.0708. The van der Waals surface area contributed by atoms with E-state index in [4.69, 9.17) is 0 Å². The molecule has 0 radical (unpaired) electrons. The van der Waals surface area contributed by atoms with Crippen molar-refractivity contribution >= 4 is 28.7 Å². The van der Waals surface area contributed by atoms with Gasteiger partial charge in [-0.15, -0.1) is 11.8 Å². The standard InChI is InChI=1S/C23H19F4N5O2S/c24-17-4-6-18(7-5-17)35-13-20(33)28-8-9-32-21-19(11-30-32)22(34)31(14-29-21)12-15-2-1-3-16(10-15)23(25,26)27/h1-7,10-11,14H,8-9,12-13H2,(H,28,33). The van der Waals surface area contributed by atoms with Gasteiger partial charge in [-0.1, -0.05) is 12.1 Å². The predicted molar refractivity (Wildman–Crippen MR) is 122 cm³/mol. The maximum Gasteiger partial charge on any atom is 0.416 e. The van der Waals surface area contributed by atoms with Gasteiger partial charge in [-0.05, 0) is 42.0 Å². The third-order valence-electron chi connectivity index (χ3n) is 5.06. The number of alkyl halides is 3. The van der Waals surface area contributed by atoms with Gasteiger partial charge in [-0.3, -0.25) is 14.2 Å². The minimum atomic E-state index is -4.47. The third-order valence-corrected chi connectivity index (χ3v) is 6.07. The van der Waals surface area contributed by atoms with Crippen molar-refractivity contribution in [3.05, 3.63) is 88.4 Å². The Morgan fingerprint density at radius 3 is 2.63 bits per heavy atom. The molecule has 0 saturated heterocycles. The number of hydrogen-bond donors (Lipinski definition) is 1. The molecule has 4 rings (SSSR count). The molecule has 35 heavy (non-hydrogen) atoms. The van der Waals surface area contributed by atoms with Crippen LogP contribution < -0.4 is 10.9 Å². The highest BCUT2D eigenvalue weighted by molar-refractivity contribution is 8.00. The molecule has 1 N–H and O–H groups in total. The normalized spacial score (nSPS) is 11.7. The number of carbonyl (C=O) groups is 1. The smallest absolute Gasteiger partial charge is 0.354 e. The van der Waals surface area contributed by atoms with Crippen LogP contribution >= 0.6 is 11.8 Å². The topological polar surface area (TPSA) is 81.8 Å². The number of aromatic nitrogens is 4. The summed E-state index contributed by atoms with van der Waals surface area (Å²) in [5, 5.41) is 7.12. The monoisotopic (exact) mass is 505 g/mol. The summed E-state index contributed by atoms with van der Waals surface area (Å²) in [5.74, 6) is -0.405. The highest BCUT2D eigenvalue weighted by Crippen LogP contribution is 2.29.